The Hall–Kier alpha value is -2.67. The van der Waals surface area contributed by atoms with Crippen molar-refractivity contribution in [2.45, 2.75) is 46.1 Å². The number of halogens is 1. The van der Waals surface area contributed by atoms with Gasteiger partial charge in [-0.2, -0.15) is 0 Å². The number of nitrogens with zero attached hydrogens (tertiary/aromatic N) is 2. The largest absolute Gasteiger partial charge is 0.441 e. The van der Waals surface area contributed by atoms with Gasteiger partial charge in [-0.1, -0.05) is 61.3 Å². The maximum Gasteiger partial charge on any atom is 0.226 e. The first-order valence-corrected chi connectivity index (χ1v) is 13.2. The molecule has 1 heterocycles. The zero-order valence-corrected chi connectivity index (χ0v) is 22.5. The fourth-order valence-electron chi connectivity index (χ4n) is 4.00. The second-order valence-electron chi connectivity index (χ2n) is 9.44. The second kappa shape index (κ2) is 14.8. The van der Waals surface area contributed by atoms with Gasteiger partial charge in [0.15, 0.2) is 0 Å². The summed E-state index contributed by atoms with van der Waals surface area (Å²) in [6.07, 6.45) is 3.93. The predicted molar refractivity (Wildman–Crippen MR) is 147 cm³/mol. The third kappa shape index (κ3) is 9.41. The van der Waals surface area contributed by atoms with E-state index in [1.165, 1.54) is 5.56 Å². The molecule has 1 atom stereocenters. The van der Waals surface area contributed by atoms with E-state index >= 15 is 0 Å². The van der Waals surface area contributed by atoms with E-state index in [2.05, 4.69) is 51.8 Å². The molecular weight excluding hydrogens is 472 g/mol. The van der Waals surface area contributed by atoms with E-state index in [-0.39, 0.29) is 11.8 Å². The number of carbonyl (C=O) groups is 1. The number of nitrogens with one attached hydrogen (secondary N) is 2. The van der Waals surface area contributed by atoms with Gasteiger partial charge in [-0.25, -0.2) is 4.98 Å². The van der Waals surface area contributed by atoms with E-state index in [1.54, 1.807) is 0 Å². The molecule has 0 fully saturated rings. The molecule has 36 heavy (non-hydrogen) atoms. The van der Waals surface area contributed by atoms with Crippen LogP contribution in [0.3, 0.4) is 0 Å². The fourth-order valence-corrected chi connectivity index (χ4v) is 4.19. The number of carbonyl (C=O) groups excluding carboxylic acids is 1. The quantitative estimate of drug-likeness (QED) is 0.264. The highest BCUT2D eigenvalue weighted by molar-refractivity contribution is 6.30. The van der Waals surface area contributed by atoms with E-state index in [0.29, 0.717) is 24.0 Å². The van der Waals surface area contributed by atoms with Gasteiger partial charge in [0.25, 0.3) is 0 Å². The van der Waals surface area contributed by atoms with Crippen molar-refractivity contribution in [3.05, 3.63) is 76.6 Å². The lowest BCUT2D eigenvalue weighted by atomic mass is 10.0. The monoisotopic (exact) mass is 510 g/mol. The molecule has 0 radical (unpaired) electrons. The number of likely N-dealkylation sites (N-methyl/N-ethyl adjacent to an activating group) is 1. The van der Waals surface area contributed by atoms with Crippen LogP contribution in [-0.2, 0) is 17.8 Å². The van der Waals surface area contributed by atoms with Gasteiger partial charge in [-0.05, 0) is 63.5 Å². The van der Waals surface area contributed by atoms with Crippen molar-refractivity contribution in [3.8, 4) is 11.5 Å². The third-order valence-corrected chi connectivity index (χ3v) is 6.60. The number of benzene rings is 2. The van der Waals surface area contributed by atoms with Gasteiger partial charge in [-0.3, -0.25) is 4.79 Å². The molecule has 2 N–H and O–H groups in total. The first-order valence-electron chi connectivity index (χ1n) is 12.9. The Labute approximate surface area is 220 Å². The van der Waals surface area contributed by atoms with Crippen LogP contribution in [0.15, 0.2) is 59.0 Å². The lowest BCUT2D eigenvalue weighted by Crippen LogP contribution is -2.36. The summed E-state index contributed by atoms with van der Waals surface area (Å²) in [5.41, 5.74) is 3.13. The van der Waals surface area contributed by atoms with Crippen molar-refractivity contribution in [1.29, 1.82) is 0 Å². The zero-order chi connectivity index (χ0) is 25.8. The first kappa shape index (κ1) is 27.9. The smallest absolute Gasteiger partial charge is 0.226 e. The molecule has 3 aromatic rings. The summed E-state index contributed by atoms with van der Waals surface area (Å²) in [4.78, 5) is 19.3. The molecule has 1 amide bonds. The summed E-state index contributed by atoms with van der Waals surface area (Å²) in [6.45, 7) is 8.00. The minimum atomic E-state index is 0.0256. The molecule has 194 valence electrons. The van der Waals surface area contributed by atoms with Gasteiger partial charge in [0.05, 0.1) is 5.69 Å². The normalized spacial score (nSPS) is 12.1. The summed E-state index contributed by atoms with van der Waals surface area (Å²) in [7, 11) is 2.10. The number of aromatic nitrogens is 1. The summed E-state index contributed by atoms with van der Waals surface area (Å²) in [5, 5.41) is 7.19. The van der Waals surface area contributed by atoms with E-state index < -0.39 is 0 Å². The highest BCUT2D eigenvalue weighted by Crippen LogP contribution is 2.24. The Morgan fingerprint density at radius 3 is 2.67 bits per heavy atom. The molecule has 0 aliphatic carbocycles. The van der Waals surface area contributed by atoms with Gasteiger partial charge < -0.3 is 20.0 Å². The van der Waals surface area contributed by atoms with E-state index in [1.807, 2.05) is 44.2 Å². The average Bonchev–Trinajstić information content (AvgIpc) is 3.25. The molecule has 1 aromatic heterocycles. The standard InChI is InChI=1S/C29H39ClN4O2/c1-22(28(35)32-17-19-34(3)18-15-24-11-5-4-6-12-24)10-7-8-16-31-21-27-23(2)36-29(33-27)25-13-9-14-26(30)20-25/h4-6,9,11-14,20,22,31H,7-8,10,15-19,21H2,1-3H3,(H,32,35). The number of hydrogen-bond donors (Lipinski definition) is 2. The van der Waals surface area contributed by atoms with Crippen LogP contribution >= 0.6 is 11.6 Å². The SMILES string of the molecule is Cc1oc(-c2cccc(Cl)c2)nc1CNCCCCC(C)C(=O)NCCN(C)CCc1ccccc1. The van der Waals surface area contributed by atoms with Gasteiger partial charge in [0, 0.05) is 42.7 Å². The van der Waals surface area contributed by atoms with E-state index in [9.17, 15) is 4.79 Å². The second-order valence-corrected chi connectivity index (χ2v) is 9.87. The fraction of sp³-hybridized carbons (Fsp3) is 0.448. The van der Waals surface area contributed by atoms with Gasteiger partial charge >= 0.3 is 0 Å². The van der Waals surface area contributed by atoms with Crippen LogP contribution in [0.1, 0.15) is 43.2 Å². The van der Waals surface area contributed by atoms with Gasteiger partial charge in [0.2, 0.25) is 11.8 Å². The molecule has 2 aromatic carbocycles. The number of unbranched alkanes of at least 4 members (excludes halogenated alkanes) is 1. The van der Waals surface area contributed by atoms with Crippen LogP contribution in [0.5, 0.6) is 0 Å². The van der Waals surface area contributed by atoms with Crippen LogP contribution in [0, 0.1) is 12.8 Å². The summed E-state index contributed by atoms with van der Waals surface area (Å²) >= 11 is 6.07. The molecule has 0 bridgehead atoms. The van der Waals surface area contributed by atoms with Crippen molar-refractivity contribution < 1.29 is 9.21 Å². The van der Waals surface area contributed by atoms with Crippen LogP contribution < -0.4 is 10.6 Å². The Kier molecular flexibility index (Phi) is 11.5. The average molecular weight is 511 g/mol. The molecule has 0 aliphatic heterocycles. The Balaban J connectivity index is 1.24. The van der Waals surface area contributed by atoms with Crippen molar-refractivity contribution in [3.63, 3.8) is 0 Å². The molecule has 0 spiro atoms. The van der Waals surface area contributed by atoms with Crippen molar-refractivity contribution in [1.82, 2.24) is 20.5 Å². The van der Waals surface area contributed by atoms with Crippen LogP contribution in [0.2, 0.25) is 5.02 Å². The maximum absolute atomic E-state index is 12.4. The van der Waals surface area contributed by atoms with Crippen molar-refractivity contribution >= 4 is 17.5 Å². The summed E-state index contributed by atoms with van der Waals surface area (Å²) in [5.74, 6) is 1.58. The summed E-state index contributed by atoms with van der Waals surface area (Å²) in [6, 6.07) is 18.0. The molecule has 7 heteroatoms. The molecule has 0 saturated carbocycles. The van der Waals surface area contributed by atoms with Crippen LogP contribution in [0.25, 0.3) is 11.5 Å². The number of hydrogen-bond acceptors (Lipinski definition) is 5. The maximum atomic E-state index is 12.4. The zero-order valence-electron chi connectivity index (χ0n) is 21.7. The molecule has 6 nitrogen and oxygen atoms in total. The minimum absolute atomic E-state index is 0.0256. The summed E-state index contributed by atoms with van der Waals surface area (Å²) < 4.78 is 5.82. The molecule has 0 aliphatic rings. The number of amides is 1. The van der Waals surface area contributed by atoms with Gasteiger partial charge in [0.1, 0.15) is 5.76 Å². The Morgan fingerprint density at radius 1 is 1.08 bits per heavy atom. The first-order chi connectivity index (χ1) is 17.4. The lowest BCUT2D eigenvalue weighted by molar-refractivity contribution is -0.124. The molecule has 3 rings (SSSR count). The predicted octanol–water partition coefficient (Wildman–Crippen LogP) is 5.49. The Morgan fingerprint density at radius 2 is 1.89 bits per heavy atom. The highest BCUT2D eigenvalue weighted by Gasteiger charge is 2.13. The van der Waals surface area contributed by atoms with Crippen LogP contribution in [-0.4, -0.2) is 49.0 Å². The highest BCUT2D eigenvalue weighted by atomic mass is 35.5. The lowest BCUT2D eigenvalue weighted by Gasteiger charge is -2.18. The van der Waals surface area contributed by atoms with Crippen LogP contribution in [0.4, 0.5) is 0 Å². The van der Waals surface area contributed by atoms with Gasteiger partial charge in [-0.15, -0.1) is 0 Å². The minimum Gasteiger partial charge on any atom is -0.441 e. The van der Waals surface area contributed by atoms with E-state index in [0.717, 1.165) is 62.3 Å². The number of aryl methyl sites for hydroxylation is 1. The molecule has 0 saturated heterocycles. The van der Waals surface area contributed by atoms with Crippen molar-refractivity contribution in [2.75, 3.05) is 33.2 Å². The number of rotatable bonds is 15. The third-order valence-electron chi connectivity index (χ3n) is 6.36. The Bertz CT molecular complexity index is 1070. The van der Waals surface area contributed by atoms with E-state index in [4.69, 9.17) is 16.0 Å². The molecular formula is C29H39ClN4O2. The molecule has 1 unspecified atom stereocenters. The topological polar surface area (TPSA) is 70.4 Å². The number of oxazole rings is 1. The van der Waals surface area contributed by atoms with Crippen molar-refractivity contribution in [2.24, 2.45) is 5.92 Å².